The minimum absolute atomic E-state index is 0.278. The van der Waals surface area contributed by atoms with Crippen molar-refractivity contribution in [1.82, 2.24) is 5.43 Å². The van der Waals surface area contributed by atoms with Gasteiger partial charge < -0.3 is 0 Å². The minimum atomic E-state index is -0.350. The molecule has 1 unspecified atom stereocenters. The molecule has 2 aromatic rings. The molecule has 0 spiro atoms. The third-order valence-electron chi connectivity index (χ3n) is 3.70. The first-order valence-electron chi connectivity index (χ1n) is 6.44. The summed E-state index contributed by atoms with van der Waals surface area (Å²) in [4.78, 5) is 0. The molecule has 3 N–H and O–H groups in total. The Morgan fingerprint density at radius 2 is 1.75 bits per heavy atom. The number of nitrogens with one attached hydrogen (secondary N) is 1. The summed E-state index contributed by atoms with van der Waals surface area (Å²) in [5, 5.41) is 0. The minimum Gasteiger partial charge on any atom is -0.271 e. The zero-order valence-corrected chi connectivity index (χ0v) is 13.1. The fourth-order valence-corrected chi connectivity index (χ4v) is 2.85. The Kier molecular flexibility index (Phi) is 4.58. The molecule has 0 aliphatic heterocycles. The first kappa shape index (κ1) is 15.2. The zero-order valence-electron chi connectivity index (χ0n) is 11.5. The molecule has 0 saturated carbocycles. The van der Waals surface area contributed by atoms with E-state index in [-0.39, 0.29) is 17.3 Å². The van der Waals surface area contributed by atoms with E-state index in [0.29, 0.717) is 10.0 Å². The van der Waals surface area contributed by atoms with Gasteiger partial charge in [0.25, 0.3) is 0 Å². The normalized spacial score (nSPS) is 13.2. The Morgan fingerprint density at radius 3 is 2.35 bits per heavy atom. The monoisotopic (exact) mass is 336 g/mol. The highest BCUT2D eigenvalue weighted by Crippen LogP contribution is 2.38. The molecule has 0 heterocycles. The highest BCUT2D eigenvalue weighted by atomic mass is 79.9. The first-order valence-corrected chi connectivity index (χ1v) is 7.23. The number of rotatable bonds is 4. The van der Waals surface area contributed by atoms with Crippen LogP contribution in [0.15, 0.2) is 53.0 Å². The first-order chi connectivity index (χ1) is 9.48. The van der Waals surface area contributed by atoms with Gasteiger partial charge in [-0.3, -0.25) is 11.3 Å². The van der Waals surface area contributed by atoms with Gasteiger partial charge in [-0.1, -0.05) is 56.3 Å². The van der Waals surface area contributed by atoms with Crippen LogP contribution in [0.5, 0.6) is 0 Å². The summed E-state index contributed by atoms with van der Waals surface area (Å²) in [5.41, 5.74) is 4.07. The number of hydrogen-bond donors (Lipinski definition) is 2. The molecular weight excluding hydrogens is 319 g/mol. The Labute approximate surface area is 127 Å². The average molecular weight is 337 g/mol. The predicted octanol–water partition coefficient (Wildman–Crippen LogP) is 4.07. The Bertz CT molecular complexity index is 584. The SMILES string of the molecule is CC(C)(c1ccccc1)C(NN)c1cccc(Br)c1F. The third kappa shape index (κ3) is 2.77. The topological polar surface area (TPSA) is 38.0 Å². The zero-order chi connectivity index (χ0) is 14.8. The van der Waals surface area contributed by atoms with Crippen LogP contribution < -0.4 is 11.3 Å². The lowest BCUT2D eigenvalue weighted by Crippen LogP contribution is -2.41. The maximum Gasteiger partial charge on any atom is 0.142 e. The molecular formula is C16H18BrFN2. The van der Waals surface area contributed by atoms with E-state index in [4.69, 9.17) is 5.84 Å². The van der Waals surface area contributed by atoms with Crippen molar-refractivity contribution in [3.05, 3.63) is 69.9 Å². The fourth-order valence-electron chi connectivity index (χ4n) is 2.46. The van der Waals surface area contributed by atoms with Crippen LogP contribution in [0.2, 0.25) is 0 Å². The Morgan fingerprint density at radius 1 is 1.10 bits per heavy atom. The predicted molar refractivity (Wildman–Crippen MR) is 83.6 cm³/mol. The number of benzene rings is 2. The van der Waals surface area contributed by atoms with E-state index in [9.17, 15) is 4.39 Å². The van der Waals surface area contributed by atoms with Crippen LogP contribution in [-0.2, 0) is 5.41 Å². The van der Waals surface area contributed by atoms with Crippen LogP contribution in [0.3, 0.4) is 0 Å². The van der Waals surface area contributed by atoms with E-state index >= 15 is 0 Å². The molecule has 1 atom stereocenters. The van der Waals surface area contributed by atoms with Gasteiger partial charge in [0.15, 0.2) is 0 Å². The standard InChI is InChI=1S/C16H18BrFN2/c1-16(2,11-7-4-3-5-8-11)15(20-19)12-9-6-10-13(17)14(12)18/h3-10,15,20H,19H2,1-2H3. The highest BCUT2D eigenvalue weighted by Gasteiger charge is 2.33. The van der Waals surface area contributed by atoms with Crippen molar-refractivity contribution in [2.24, 2.45) is 5.84 Å². The summed E-state index contributed by atoms with van der Waals surface area (Å²) >= 11 is 3.22. The Hall–Kier alpha value is -1.23. The Balaban J connectivity index is 2.49. The number of hydrogen-bond acceptors (Lipinski definition) is 2. The van der Waals surface area contributed by atoms with Gasteiger partial charge in [0.05, 0.1) is 10.5 Å². The summed E-state index contributed by atoms with van der Waals surface area (Å²) in [7, 11) is 0. The maximum absolute atomic E-state index is 14.3. The number of halogens is 2. The van der Waals surface area contributed by atoms with E-state index in [1.807, 2.05) is 50.2 Å². The second-order valence-electron chi connectivity index (χ2n) is 5.33. The summed E-state index contributed by atoms with van der Waals surface area (Å²) in [5.74, 6) is 5.44. The fraction of sp³-hybridized carbons (Fsp3) is 0.250. The van der Waals surface area contributed by atoms with Crippen LogP contribution in [0.25, 0.3) is 0 Å². The lowest BCUT2D eigenvalue weighted by Gasteiger charge is -2.35. The van der Waals surface area contributed by atoms with Crippen LogP contribution in [-0.4, -0.2) is 0 Å². The molecule has 106 valence electrons. The lowest BCUT2D eigenvalue weighted by molar-refractivity contribution is 0.342. The molecule has 2 rings (SSSR count). The summed E-state index contributed by atoms with van der Waals surface area (Å²) in [6, 6.07) is 14.9. The smallest absolute Gasteiger partial charge is 0.142 e. The molecule has 20 heavy (non-hydrogen) atoms. The summed E-state index contributed by atoms with van der Waals surface area (Å²) in [6.45, 7) is 4.10. The molecule has 2 aromatic carbocycles. The van der Waals surface area contributed by atoms with Crippen molar-refractivity contribution in [3.8, 4) is 0 Å². The average Bonchev–Trinajstić information content (AvgIpc) is 2.45. The molecule has 0 aromatic heterocycles. The van der Waals surface area contributed by atoms with Gasteiger partial charge in [0.2, 0.25) is 0 Å². The van der Waals surface area contributed by atoms with Gasteiger partial charge in [-0.2, -0.15) is 0 Å². The van der Waals surface area contributed by atoms with Crippen molar-refractivity contribution in [2.45, 2.75) is 25.3 Å². The van der Waals surface area contributed by atoms with E-state index in [2.05, 4.69) is 21.4 Å². The molecule has 0 saturated heterocycles. The molecule has 0 aliphatic carbocycles. The highest BCUT2D eigenvalue weighted by molar-refractivity contribution is 9.10. The van der Waals surface area contributed by atoms with Crippen LogP contribution in [0.1, 0.15) is 31.0 Å². The van der Waals surface area contributed by atoms with Gasteiger partial charge in [0.1, 0.15) is 5.82 Å². The lowest BCUT2D eigenvalue weighted by atomic mass is 9.75. The van der Waals surface area contributed by atoms with Crippen molar-refractivity contribution in [3.63, 3.8) is 0 Å². The number of hydrazine groups is 1. The molecule has 0 radical (unpaired) electrons. The molecule has 2 nitrogen and oxygen atoms in total. The molecule has 0 bridgehead atoms. The second kappa shape index (κ2) is 6.04. The van der Waals surface area contributed by atoms with Crippen molar-refractivity contribution in [2.75, 3.05) is 0 Å². The maximum atomic E-state index is 14.3. The van der Waals surface area contributed by atoms with Crippen molar-refractivity contribution in [1.29, 1.82) is 0 Å². The van der Waals surface area contributed by atoms with Crippen molar-refractivity contribution < 1.29 is 4.39 Å². The van der Waals surface area contributed by atoms with Crippen LogP contribution >= 0.6 is 15.9 Å². The van der Waals surface area contributed by atoms with E-state index < -0.39 is 0 Å². The summed E-state index contributed by atoms with van der Waals surface area (Å²) in [6.07, 6.45) is 0. The van der Waals surface area contributed by atoms with Gasteiger partial charge in [-0.15, -0.1) is 0 Å². The quantitative estimate of drug-likeness (QED) is 0.652. The second-order valence-corrected chi connectivity index (χ2v) is 6.18. The van der Waals surface area contributed by atoms with E-state index in [0.717, 1.165) is 5.56 Å². The third-order valence-corrected chi connectivity index (χ3v) is 4.31. The van der Waals surface area contributed by atoms with Crippen LogP contribution in [0.4, 0.5) is 4.39 Å². The van der Waals surface area contributed by atoms with Gasteiger partial charge in [-0.25, -0.2) is 4.39 Å². The van der Waals surface area contributed by atoms with Gasteiger partial charge in [0, 0.05) is 11.0 Å². The molecule has 0 amide bonds. The molecule has 4 heteroatoms. The van der Waals surface area contributed by atoms with Crippen molar-refractivity contribution >= 4 is 15.9 Å². The summed E-state index contributed by atoms with van der Waals surface area (Å²) < 4.78 is 14.8. The van der Waals surface area contributed by atoms with E-state index in [1.165, 1.54) is 0 Å². The van der Waals surface area contributed by atoms with E-state index in [1.54, 1.807) is 12.1 Å². The largest absolute Gasteiger partial charge is 0.271 e. The van der Waals surface area contributed by atoms with Gasteiger partial charge >= 0.3 is 0 Å². The number of nitrogens with two attached hydrogens (primary N) is 1. The molecule has 0 aliphatic rings. The van der Waals surface area contributed by atoms with Crippen LogP contribution in [0, 0.1) is 5.82 Å². The van der Waals surface area contributed by atoms with Gasteiger partial charge in [-0.05, 0) is 27.6 Å². The molecule has 0 fully saturated rings.